The van der Waals surface area contributed by atoms with Gasteiger partial charge >= 0.3 is 0 Å². The molecule has 2 rings (SSSR count). The Morgan fingerprint density at radius 2 is 2.16 bits per heavy atom. The maximum absolute atomic E-state index is 13.9. The van der Waals surface area contributed by atoms with E-state index in [2.05, 4.69) is 10.6 Å². The smallest absolute Gasteiger partial charge is 0.148 e. The van der Waals surface area contributed by atoms with Crippen LogP contribution in [0.15, 0.2) is 18.2 Å². The Labute approximate surface area is 113 Å². The molecule has 0 radical (unpaired) electrons. The number of aliphatic hydroxyl groups excluding tert-OH is 1. The van der Waals surface area contributed by atoms with Gasteiger partial charge in [0.15, 0.2) is 0 Å². The number of benzene rings is 1. The third kappa shape index (κ3) is 3.16. The number of rotatable bonds is 6. The summed E-state index contributed by atoms with van der Waals surface area (Å²) in [6.07, 6.45) is 0. The van der Waals surface area contributed by atoms with Crippen LogP contribution in [0.2, 0.25) is 0 Å². The van der Waals surface area contributed by atoms with Gasteiger partial charge in [-0.1, -0.05) is 6.07 Å². The molecule has 0 amide bonds. The first-order chi connectivity index (χ1) is 9.06. The van der Waals surface area contributed by atoms with E-state index in [1.807, 2.05) is 19.9 Å². The molecule has 0 aliphatic carbocycles. The Morgan fingerprint density at radius 1 is 1.42 bits per heavy atom. The zero-order valence-corrected chi connectivity index (χ0v) is 11.4. The second-order valence-corrected chi connectivity index (χ2v) is 5.47. The molecule has 106 valence electrons. The molecule has 0 unspecified atom stereocenters. The second-order valence-electron chi connectivity index (χ2n) is 5.47. The molecular weight excluding hydrogens is 247 g/mol. The van der Waals surface area contributed by atoms with Crippen LogP contribution in [0.5, 0.6) is 0 Å². The van der Waals surface area contributed by atoms with Crippen molar-refractivity contribution in [2.45, 2.75) is 19.9 Å². The fraction of sp³-hybridized carbons (Fsp3) is 0.571. The van der Waals surface area contributed by atoms with Crippen molar-refractivity contribution in [1.82, 2.24) is 0 Å². The molecule has 19 heavy (non-hydrogen) atoms. The summed E-state index contributed by atoms with van der Waals surface area (Å²) in [6.45, 7) is 5.57. The van der Waals surface area contributed by atoms with E-state index in [1.54, 1.807) is 6.07 Å². The van der Waals surface area contributed by atoms with E-state index < -0.39 is 0 Å². The Hall–Kier alpha value is -1.33. The third-order valence-electron chi connectivity index (χ3n) is 3.25. The second kappa shape index (κ2) is 5.75. The van der Waals surface area contributed by atoms with Crippen LogP contribution >= 0.6 is 0 Å². The maximum Gasteiger partial charge on any atom is 0.148 e. The number of hydrogen-bond donors (Lipinski definition) is 3. The van der Waals surface area contributed by atoms with E-state index >= 15 is 0 Å². The van der Waals surface area contributed by atoms with E-state index in [9.17, 15) is 9.50 Å². The SMILES string of the molecule is CC(C)Nc1cccc(F)c1NCC1(CO)COC1. The van der Waals surface area contributed by atoms with Crippen LogP contribution in [-0.2, 0) is 4.74 Å². The lowest BCUT2D eigenvalue weighted by molar-refractivity contribution is -0.128. The number of halogens is 1. The summed E-state index contributed by atoms with van der Waals surface area (Å²) in [4.78, 5) is 0. The van der Waals surface area contributed by atoms with E-state index in [0.717, 1.165) is 5.69 Å². The zero-order valence-electron chi connectivity index (χ0n) is 11.4. The molecule has 1 aliphatic heterocycles. The van der Waals surface area contributed by atoms with Gasteiger partial charge in [0.1, 0.15) is 5.82 Å². The summed E-state index contributed by atoms with van der Waals surface area (Å²) in [5.41, 5.74) is 0.913. The molecule has 3 N–H and O–H groups in total. The highest BCUT2D eigenvalue weighted by molar-refractivity contribution is 5.69. The predicted molar refractivity (Wildman–Crippen MR) is 74.0 cm³/mol. The van der Waals surface area contributed by atoms with Gasteiger partial charge in [-0.3, -0.25) is 0 Å². The van der Waals surface area contributed by atoms with Gasteiger partial charge in [0.05, 0.1) is 36.6 Å². The summed E-state index contributed by atoms with van der Waals surface area (Å²) in [6, 6.07) is 5.17. The highest BCUT2D eigenvalue weighted by atomic mass is 19.1. The number of anilines is 2. The van der Waals surface area contributed by atoms with Gasteiger partial charge in [-0.15, -0.1) is 0 Å². The molecule has 5 heteroatoms. The molecule has 4 nitrogen and oxygen atoms in total. The monoisotopic (exact) mass is 268 g/mol. The van der Waals surface area contributed by atoms with Gasteiger partial charge < -0.3 is 20.5 Å². The maximum atomic E-state index is 13.9. The summed E-state index contributed by atoms with van der Waals surface area (Å²) < 4.78 is 19.0. The highest BCUT2D eigenvalue weighted by Gasteiger charge is 2.38. The molecule has 1 heterocycles. The third-order valence-corrected chi connectivity index (χ3v) is 3.25. The van der Waals surface area contributed by atoms with E-state index in [4.69, 9.17) is 4.74 Å². The first-order valence-corrected chi connectivity index (χ1v) is 6.54. The largest absolute Gasteiger partial charge is 0.396 e. The molecule has 0 spiro atoms. The van der Waals surface area contributed by atoms with E-state index in [-0.39, 0.29) is 23.9 Å². The van der Waals surface area contributed by atoms with Crippen molar-refractivity contribution in [3.63, 3.8) is 0 Å². The zero-order chi connectivity index (χ0) is 13.9. The molecule has 0 bridgehead atoms. The van der Waals surface area contributed by atoms with Gasteiger partial charge in [0.2, 0.25) is 0 Å². The molecule has 1 saturated heterocycles. The van der Waals surface area contributed by atoms with Crippen LogP contribution in [0.3, 0.4) is 0 Å². The minimum absolute atomic E-state index is 0.0431. The fourth-order valence-electron chi connectivity index (χ4n) is 2.05. The van der Waals surface area contributed by atoms with E-state index in [1.165, 1.54) is 6.07 Å². The van der Waals surface area contributed by atoms with Crippen LogP contribution in [-0.4, -0.2) is 37.5 Å². The molecule has 1 fully saturated rings. The Bertz CT molecular complexity index is 428. The van der Waals surface area contributed by atoms with Gasteiger partial charge in [-0.25, -0.2) is 4.39 Å². The van der Waals surface area contributed by atoms with Crippen LogP contribution in [0, 0.1) is 11.2 Å². The average molecular weight is 268 g/mol. The Morgan fingerprint density at radius 3 is 2.68 bits per heavy atom. The van der Waals surface area contributed by atoms with Crippen molar-refractivity contribution in [3.8, 4) is 0 Å². The van der Waals surface area contributed by atoms with Crippen LogP contribution < -0.4 is 10.6 Å². The van der Waals surface area contributed by atoms with Crippen LogP contribution in [0.4, 0.5) is 15.8 Å². The highest BCUT2D eigenvalue weighted by Crippen LogP contribution is 2.30. The molecule has 1 aromatic carbocycles. The average Bonchev–Trinajstić information content (AvgIpc) is 2.30. The first kappa shape index (κ1) is 14.1. The molecule has 1 aliphatic rings. The quantitative estimate of drug-likeness (QED) is 0.739. The fourth-order valence-corrected chi connectivity index (χ4v) is 2.05. The number of nitrogens with one attached hydrogen (secondary N) is 2. The summed E-state index contributed by atoms with van der Waals surface area (Å²) >= 11 is 0. The lowest BCUT2D eigenvalue weighted by atomic mass is 9.87. The minimum atomic E-state index is -0.293. The van der Waals surface area contributed by atoms with Crippen molar-refractivity contribution >= 4 is 11.4 Å². The van der Waals surface area contributed by atoms with Crippen LogP contribution in [0.1, 0.15) is 13.8 Å². The summed E-state index contributed by atoms with van der Waals surface area (Å²) in [7, 11) is 0. The van der Waals surface area contributed by atoms with Gasteiger partial charge in [-0.2, -0.15) is 0 Å². The topological polar surface area (TPSA) is 53.5 Å². The van der Waals surface area contributed by atoms with Crippen molar-refractivity contribution in [2.75, 3.05) is 37.0 Å². The normalized spacial score (nSPS) is 17.1. The summed E-state index contributed by atoms with van der Waals surface area (Å²) in [5, 5.41) is 15.7. The van der Waals surface area contributed by atoms with Gasteiger partial charge in [0, 0.05) is 12.6 Å². The first-order valence-electron chi connectivity index (χ1n) is 6.54. The van der Waals surface area contributed by atoms with Crippen molar-refractivity contribution < 1.29 is 14.2 Å². The van der Waals surface area contributed by atoms with Crippen molar-refractivity contribution in [3.05, 3.63) is 24.0 Å². The molecule has 0 saturated carbocycles. The number of para-hydroxylation sites is 1. The molecule has 1 aromatic rings. The van der Waals surface area contributed by atoms with Crippen molar-refractivity contribution in [1.29, 1.82) is 0 Å². The lowest BCUT2D eigenvalue weighted by Gasteiger charge is -2.40. The number of hydrogen-bond acceptors (Lipinski definition) is 4. The minimum Gasteiger partial charge on any atom is -0.396 e. The number of ether oxygens (including phenoxy) is 1. The van der Waals surface area contributed by atoms with Gasteiger partial charge in [-0.05, 0) is 26.0 Å². The molecule has 0 atom stereocenters. The molecule has 0 aromatic heterocycles. The van der Waals surface area contributed by atoms with Crippen molar-refractivity contribution in [2.24, 2.45) is 5.41 Å². The lowest BCUT2D eigenvalue weighted by Crippen LogP contribution is -2.50. The number of aliphatic hydroxyl groups is 1. The predicted octanol–water partition coefficient (Wildman–Crippen LogP) is 2.07. The Kier molecular flexibility index (Phi) is 4.27. The van der Waals surface area contributed by atoms with Crippen LogP contribution in [0.25, 0.3) is 0 Å². The standard InChI is InChI=1S/C14H21FN2O2/c1-10(2)17-12-5-3-4-11(15)13(12)16-6-14(7-18)8-19-9-14/h3-5,10,16-18H,6-9H2,1-2H3. The molecular formula is C14H21FN2O2. The summed E-state index contributed by atoms with van der Waals surface area (Å²) in [5.74, 6) is -0.293. The Balaban J connectivity index is 2.10. The van der Waals surface area contributed by atoms with Gasteiger partial charge in [0.25, 0.3) is 0 Å². The van der Waals surface area contributed by atoms with E-state index in [0.29, 0.717) is 25.4 Å².